The van der Waals surface area contributed by atoms with E-state index >= 15 is 0 Å². The SMILES string of the molecule is CCOc1cc(N2CC3CCC2C3)ccc1N. The third-order valence-corrected chi connectivity index (χ3v) is 4.04. The highest BCUT2D eigenvalue weighted by Gasteiger charge is 2.37. The lowest BCUT2D eigenvalue weighted by Crippen LogP contribution is -2.31. The highest BCUT2D eigenvalue weighted by molar-refractivity contribution is 5.63. The molecule has 17 heavy (non-hydrogen) atoms. The second-order valence-electron chi connectivity index (χ2n) is 5.14. The van der Waals surface area contributed by atoms with Crippen molar-refractivity contribution in [3.05, 3.63) is 18.2 Å². The normalized spacial score (nSPS) is 26.5. The van der Waals surface area contributed by atoms with Crippen LogP contribution in [0.25, 0.3) is 0 Å². The van der Waals surface area contributed by atoms with Gasteiger partial charge in [0.15, 0.2) is 0 Å². The van der Waals surface area contributed by atoms with Crippen LogP contribution in [0.4, 0.5) is 11.4 Å². The molecular weight excluding hydrogens is 212 g/mol. The molecule has 0 aromatic heterocycles. The van der Waals surface area contributed by atoms with E-state index in [9.17, 15) is 0 Å². The highest BCUT2D eigenvalue weighted by Crippen LogP contribution is 2.41. The van der Waals surface area contributed by atoms with Crippen LogP contribution in [0.2, 0.25) is 0 Å². The number of benzene rings is 1. The first-order valence-corrected chi connectivity index (χ1v) is 6.57. The fourth-order valence-corrected chi connectivity index (χ4v) is 3.22. The van der Waals surface area contributed by atoms with E-state index in [1.165, 1.54) is 31.5 Å². The van der Waals surface area contributed by atoms with Crippen LogP contribution in [-0.2, 0) is 0 Å². The molecule has 1 aliphatic heterocycles. The first kappa shape index (κ1) is 10.8. The molecule has 0 amide bonds. The van der Waals surface area contributed by atoms with E-state index in [0.717, 1.165) is 23.4 Å². The number of nitrogen functional groups attached to an aromatic ring is 1. The van der Waals surface area contributed by atoms with Crippen molar-refractivity contribution in [3.8, 4) is 5.75 Å². The van der Waals surface area contributed by atoms with Crippen LogP contribution in [0.15, 0.2) is 18.2 Å². The van der Waals surface area contributed by atoms with Crippen LogP contribution < -0.4 is 15.4 Å². The third kappa shape index (κ3) is 1.84. The summed E-state index contributed by atoms with van der Waals surface area (Å²) in [6.45, 7) is 3.86. The summed E-state index contributed by atoms with van der Waals surface area (Å²) in [6, 6.07) is 6.93. The van der Waals surface area contributed by atoms with Crippen molar-refractivity contribution < 1.29 is 4.74 Å². The zero-order valence-corrected chi connectivity index (χ0v) is 10.4. The van der Waals surface area contributed by atoms with Crippen molar-refractivity contribution in [2.45, 2.75) is 32.2 Å². The largest absolute Gasteiger partial charge is 0.492 e. The molecule has 1 heterocycles. The second kappa shape index (κ2) is 4.13. The molecule has 2 atom stereocenters. The zero-order chi connectivity index (χ0) is 11.8. The summed E-state index contributed by atoms with van der Waals surface area (Å²) in [5.74, 6) is 1.74. The lowest BCUT2D eigenvalue weighted by atomic mass is 10.1. The minimum atomic E-state index is 0.666. The van der Waals surface area contributed by atoms with E-state index in [2.05, 4.69) is 17.0 Å². The average Bonchev–Trinajstić information content (AvgIpc) is 2.94. The van der Waals surface area contributed by atoms with Crippen molar-refractivity contribution in [1.82, 2.24) is 0 Å². The number of hydrogen-bond acceptors (Lipinski definition) is 3. The van der Waals surface area contributed by atoms with Crippen molar-refractivity contribution in [1.29, 1.82) is 0 Å². The van der Waals surface area contributed by atoms with Crippen molar-refractivity contribution >= 4 is 11.4 Å². The van der Waals surface area contributed by atoms with Crippen LogP contribution in [-0.4, -0.2) is 19.2 Å². The first-order valence-electron chi connectivity index (χ1n) is 6.57. The molecule has 1 aliphatic carbocycles. The molecule has 0 spiro atoms. The molecule has 2 N–H and O–H groups in total. The molecule has 3 heteroatoms. The highest BCUT2D eigenvalue weighted by atomic mass is 16.5. The van der Waals surface area contributed by atoms with E-state index in [1.807, 2.05) is 13.0 Å². The quantitative estimate of drug-likeness (QED) is 0.814. The van der Waals surface area contributed by atoms with Crippen LogP contribution in [0, 0.1) is 5.92 Å². The van der Waals surface area contributed by atoms with Gasteiger partial charge in [0.2, 0.25) is 0 Å². The maximum Gasteiger partial charge on any atom is 0.144 e. The zero-order valence-electron chi connectivity index (χ0n) is 10.4. The molecule has 1 saturated carbocycles. The lowest BCUT2D eigenvalue weighted by molar-refractivity contribution is 0.342. The van der Waals surface area contributed by atoms with Crippen molar-refractivity contribution in [3.63, 3.8) is 0 Å². The van der Waals surface area contributed by atoms with Crippen LogP contribution in [0.3, 0.4) is 0 Å². The Morgan fingerprint density at radius 3 is 2.94 bits per heavy atom. The number of hydrogen-bond donors (Lipinski definition) is 1. The molecule has 3 rings (SSSR count). The first-order chi connectivity index (χ1) is 8.28. The molecule has 0 radical (unpaired) electrons. The van der Waals surface area contributed by atoms with Crippen LogP contribution in [0.5, 0.6) is 5.75 Å². The maximum absolute atomic E-state index is 5.91. The van der Waals surface area contributed by atoms with Gasteiger partial charge in [-0.1, -0.05) is 0 Å². The fraction of sp³-hybridized carbons (Fsp3) is 0.571. The number of nitrogens with zero attached hydrogens (tertiary/aromatic N) is 1. The van der Waals surface area contributed by atoms with Crippen LogP contribution >= 0.6 is 0 Å². The Morgan fingerprint density at radius 1 is 1.41 bits per heavy atom. The summed E-state index contributed by atoms with van der Waals surface area (Å²) >= 11 is 0. The Kier molecular flexibility index (Phi) is 2.61. The van der Waals surface area contributed by atoms with E-state index in [-0.39, 0.29) is 0 Å². The van der Waals surface area contributed by atoms with Crippen LogP contribution in [0.1, 0.15) is 26.2 Å². The number of nitrogens with two attached hydrogens (primary N) is 1. The maximum atomic E-state index is 5.91. The predicted molar refractivity (Wildman–Crippen MR) is 70.5 cm³/mol. The third-order valence-electron chi connectivity index (χ3n) is 4.04. The van der Waals surface area contributed by atoms with Gasteiger partial charge in [0.25, 0.3) is 0 Å². The fourth-order valence-electron chi connectivity index (χ4n) is 3.22. The Morgan fingerprint density at radius 2 is 2.29 bits per heavy atom. The molecule has 1 saturated heterocycles. The molecular formula is C14H20N2O. The number of rotatable bonds is 3. The van der Waals surface area contributed by atoms with Gasteiger partial charge in [0, 0.05) is 24.3 Å². The molecule has 2 unspecified atom stereocenters. The van der Waals surface area contributed by atoms with E-state index in [1.54, 1.807) is 0 Å². The van der Waals surface area contributed by atoms with Gasteiger partial charge < -0.3 is 15.4 Å². The molecule has 92 valence electrons. The topological polar surface area (TPSA) is 38.5 Å². The Balaban J connectivity index is 1.85. The van der Waals surface area contributed by atoms with E-state index in [4.69, 9.17) is 10.5 Å². The van der Waals surface area contributed by atoms with Gasteiger partial charge in [-0.2, -0.15) is 0 Å². The molecule has 2 fully saturated rings. The van der Waals surface area contributed by atoms with Gasteiger partial charge in [-0.25, -0.2) is 0 Å². The van der Waals surface area contributed by atoms with Gasteiger partial charge in [0.1, 0.15) is 5.75 Å². The molecule has 1 aromatic rings. The van der Waals surface area contributed by atoms with E-state index < -0.39 is 0 Å². The van der Waals surface area contributed by atoms with Gasteiger partial charge in [0.05, 0.1) is 12.3 Å². The summed E-state index contributed by atoms with van der Waals surface area (Å²) in [5.41, 5.74) is 7.92. The second-order valence-corrected chi connectivity index (χ2v) is 5.14. The number of anilines is 2. The number of ether oxygens (including phenoxy) is 1. The summed E-state index contributed by atoms with van der Waals surface area (Å²) in [4.78, 5) is 2.52. The smallest absolute Gasteiger partial charge is 0.144 e. The molecule has 2 aliphatic rings. The molecule has 2 bridgehead atoms. The molecule has 1 aromatic carbocycles. The standard InChI is InChI=1S/C14H20N2O/c1-2-17-14-8-12(5-6-13(14)15)16-9-10-3-4-11(16)7-10/h5-6,8,10-11H,2-4,7,9,15H2,1H3. The summed E-state index contributed by atoms with van der Waals surface area (Å²) in [5, 5.41) is 0. The Labute approximate surface area is 103 Å². The lowest BCUT2D eigenvalue weighted by Gasteiger charge is -2.29. The molecule has 3 nitrogen and oxygen atoms in total. The number of fused-ring (bicyclic) bond motifs is 2. The van der Waals surface area contributed by atoms with E-state index in [0.29, 0.717) is 6.61 Å². The number of piperidine rings is 1. The van der Waals surface area contributed by atoms with Crippen molar-refractivity contribution in [2.75, 3.05) is 23.8 Å². The van der Waals surface area contributed by atoms with Gasteiger partial charge in [-0.15, -0.1) is 0 Å². The average molecular weight is 232 g/mol. The van der Waals surface area contributed by atoms with Crippen molar-refractivity contribution in [2.24, 2.45) is 5.92 Å². The minimum absolute atomic E-state index is 0.666. The monoisotopic (exact) mass is 232 g/mol. The summed E-state index contributed by atoms with van der Waals surface area (Å²) in [6.07, 6.45) is 4.13. The predicted octanol–water partition coefficient (Wildman–Crippen LogP) is 2.66. The minimum Gasteiger partial charge on any atom is -0.492 e. The summed E-state index contributed by atoms with van der Waals surface area (Å²) in [7, 11) is 0. The summed E-state index contributed by atoms with van der Waals surface area (Å²) < 4.78 is 5.57. The Bertz CT molecular complexity index is 419. The Hall–Kier alpha value is -1.38. The van der Waals surface area contributed by atoms with Gasteiger partial charge in [-0.05, 0) is 44.2 Å². The van der Waals surface area contributed by atoms with Gasteiger partial charge >= 0.3 is 0 Å². The van der Waals surface area contributed by atoms with Gasteiger partial charge in [-0.3, -0.25) is 0 Å².